The summed E-state index contributed by atoms with van der Waals surface area (Å²) in [7, 11) is 1.58. The monoisotopic (exact) mass is 385 g/mol. The molecule has 0 saturated carbocycles. The number of hydrogen-bond acceptors (Lipinski definition) is 3. The molecule has 0 aliphatic heterocycles. The number of imidazole rings is 1. The summed E-state index contributed by atoms with van der Waals surface area (Å²) >= 11 is 15.7. The molecule has 3 aromatic rings. The van der Waals surface area contributed by atoms with Gasteiger partial charge < -0.3 is 4.74 Å². The molecule has 4 nitrogen and oxygen atoms in total. The van der Waals surface area contributed by atoms with Crippen molar-refractivity contribution in [3.05, 3.63) is 45.7 Å². The number of fused-ring (bicyclic) bond motifs is 1. The molecule has 21 heavy (non-hydrogen) atoms. The van der Waals surface area contributed by atoms with Gasteiger partial charge in [0.25, 0.3) is 0 Å². The van der Waals surface area contributed by atoms with Gasteiger partial charge in [-0.25, -0.2) is 4.98 Å². The second kappa shape index (κ2) is 5.83. The van der Waals surface area contributed by atoms with Crippen molar-refractivity contribution in [3.63, 3.8) is 0 Å². The summed E-state index contributed by atoms with van der Waals surface area (Å²) < 4.78 is 7.83. The van der Waals surface area contributed by atoms with Crippen LogP contribution in [0.5, 0.6) is 5.88 Å². The van der Waals surface area contributed by atoms with E-state index in [-0.39, 0.29) is 5.88 Å². The third-order valence-electron chi connectivity index (χ3n) is 3.05. The van der Waals surface area contributed by atoms with Gasteiger partial charge in [-0.15, -0.1) is 11.6 Å². The Morgan fingerprint density at radius 1 is 1.24 bits per heavy atom. The van der Waals surface area contributed by atoms with Crippen molar-refractivity contribution < 1.29 is 4.74 Å². The zero-order valence-electron chi connectivity index (χ0n) is 11.0. The van der Waals surface area contributed by atoms with Gasteiger partial charge in [0.05, 0.1) is 28.2 Å². The molecule has 0 fully saturated rings. The van der Waals surface area contributed by atoms with Crippen LogP contribution in [0.15, 0.2) is 34.8 Å². The first-order valence-electron chi connectivity index (χ1n) is 6.08. The Morgan fingerprint density at radius 2 is 2.05 bits per heavy atom. The molecule has 0 spiro atoms. The first-order chi connectivity index (χ1) is 10.2. The summed E-state index contributed by atoms with van der Waals surface area (Å²) in [6, 6.07) is 9.22. The van der Waals surface area contributed by atoms with Crippen LogP contribution in [0.4, 0.5) is 0 Å². The maximum absolute atomic E-state index is 6.18. The van der Waals surface area contributed by atoms with Gasteiger partial charge in [0.1, 0.15) is 11.3 Å². The molecular formula is C14H10BrCl2N3O. The van der Waals surface area contributed by atoms with E-state index < -0.39 is 0 Å². The minimum Gasteiger partial charge on any atom is -0.481 e. The van der Waals surface area contributed by atoms with Gasteiger partial charge in [-0.3, -0.25) is 4.57 Å². The minimum atomic E-state index is 0.262. The smallest absolute Gasteiger partial charge is 0.215 e. The minimum absolute atomic E-state index is 0.262. The Hall–Kier alpha value is -1.30. The summed E-state index contributed by atoms with van der Waals surface area (Å²) in [6.07, 6.45) is 0. The topological polar surface area (TPSA) is 39.9 Å². The predicted octanol–water partition coefficient (Wildman–Crippen LogP) is 4.58. The first kappa shape index (κ1) is 14.6. The average molecular weight is 387 g/mol. The van der Waals surface area contributed by atoms with E-state index in [0.29, 0.717) is 22.4 Å². The SMILES string of the molecule is COc1ccc2nc(CCl)n(-c3cccc(Cl)c3Br)c2n1. The normalized spacial score (nSPS) is 11.0. The van der Waals surface area contributed by atoms with Crippen molar-refractivity contribution >= 4 is 50.3 Å². The zero-order chi connectivity index (χ0) is 15.0. The van der Waals surface area contributed by atoms with Gasteiger partial charge >= 0.3 is 0 Å². The maximum atomic E-state index is 6.18. The number of methoxy groups -OCH3 is 1. The number of hydrogen-bond donors (Lipinski definition) is 0. The highest BCUT2D eigenvalue weighted by Crippen LogP contribution is 2.32. The lowest BCUT2D eigenvalue weighted by Crippen LogP contribution is -2.02. The fraction of sp³-hybridized carbons (Fsp3) is 0.143. The molecule has 0 bridgehead atoms. The fourth-order valence-electron chi connectivity index (χ4n) is 2.11. The van der Waals surface area contributed by atoms with Crippen LogP contribution in [0, 0.1) is 0 Å². The van der Waals surface area contributed by atoms with E-state index in [1.165, 1.54) is 0 Å². The molecular weight excluding hydrogens is 377 g/mol. The molecule has 0 aliphatic carbocycles. The van der Waals surface area contributed by atoms with Crippen molar-refractivity contribution in [2.24, 2.45) is 0 Å². The van der Waals surface area contributed by atoms with E-state index in [1.807, 2.05) is 28.8 Å². The van der Waals surface area contributed by atoms with Gasteiger partial charge in [-0.2, -0.15) is 4.98 Å². The Bertz CT molecular complexity index is 819. The van der Waals surface area contributed by atoms with Gasteiger partial charge in [-0.1, -0.05) is 17.7 Å². The molecule has 0 saturated heterocycles. The molecule has 2 heterocycles. The highest BCUT2D eigenvalue weighted by atomic mass is 79.9. The van der Waals surface area contributed by atoms with Crippen LogP contribution in [0.25, 0.3) is 16.9 Å². The molecule has 0 amide bonds. The standard InChI is InChI=1S/C14H10BrCl2N3O/c1-21-12-6-5-9-14(19-12)20(11(7-16)18-9)10-4-2-3-8(17)13(10)15/h2-6H,7H2,1H3. The molecule has 0 aliphatic rings. The number of pyridine rings is 1. The number of ether oxygens (including phenoxy) is 1. The Labute approximate surface area is 139 Å². The lowest BCUT2D eigenvalue weighted by molar-refractivity contribution is 0.399. The molecule has 0 atom stereocenters. The molecule has 3 rings (SSSR count). The molecule has 7 heteroatoms. The van der Waals surface area contributed by atoms with Crippen molar-refractivity contribution in [1.82, 2.24) is 14.5 Å². The number of benzene rings is 1. The maximum Gasteiger partial charge on any atom is 0.215 e. The van der Waals surface area contributed by atoms with Crippen LogP contribution in [0.3, 0.4) is 0 Å². The average Bonchev–Trinajstić information content (AvgIpc) is 2.87. The zero-order valence-corrected chi connectivity index (χ0v) is 14.1. The van der Waals surface area contributed by atoms with Crippen LogP contribution in [0.1, 0.15) is 5.82 Å². The van der Waals surface area contributed by atoms with E-state index in [4.69, 9.17) is 27.9 Å². The number of halogens is 3. The molecule has 1 aromatic carbocycles. The van der Waals surface area contributed by atoms with E-state index in [1.54, 1.807) is 13.2 Å². The van der Waals surface area contributed by atoms with Crippen molar-refractivity contribution in [1.29, 1.82) is 0 Å². The number of aromatic nitrogens is 3. The summed E-state index contributed by atoms with van der Waals surface area (Å²) in [4.78, 5) is 8.97. The summed E-state index contributed by atoms with van der Waals surface area (Å²) in [5.41, 5.74) is 2.26. The molecule has 0 radical (unpaired) electrons. The van der Waals surface area contributed by atoms with E-state index in [9.17, 15) is 0 Å². The fourth-order valence-corrected chi connectivity index (χ4v) is 2.90. The van der Waals surface area contributed by atoms with Crippen LogP contribution < -0.4 is 4.74 Å². The molecule has 0 unspecified atom stereocenters. The van der Waals surface area contributed by atoms with Crippen molar-refractivity contribution in [2.75, 3.05) is 7.11 Å². The van der Waals surface area contributed by atoms with Gasteiger partial charge in [-0.05, 0) is 34.1 Å². The van der Waals surface area contributed by atoms with Crippen molar-refractivity contribution in [2.45, 2.75) is 5.88 Å². The van der Waals surface area contributed by atoms with Crippen LogP contribution >= 0.6 is 39.1 Å². The van der Waals surface area contributed by atoms with E-state index >= 15 is 0 Å². The van der Waals surface area contributed by atoms with Crippen LogP contribution in [-0.2, 0) is 5.88 Å². The molecule has 2 aromatic heterocycles. The lowest BCUT2D eigenvalue weighted by Gasteiger charge is -2.10. The quantitative estimate of drug-likeness (QED) is 0.618. The van der Waals surface area contributed by atoms with Gasteiger partial charge in [0.15, 0.2) is 5.65 Å². The van der Waals surface area contributed by atoms with Gasteiger partial charge in [0.2, 0.25) is 5.88 Å². The second-order valence-electron chi connectivity index (χ2n) is 4.27. The number of rotatable bonds is 3. The van der Waals surface area contributed by atoms with Crippen molar-refractivity contribution in [3.8, 4) is 11.6 Å². The highest BCUT2D eigenvalue weighted by Gasteiger charge is 2.16. The predicted molar refractivity (Wildman–Crippen MR) is 87.7 cm³/mol. The molecule has 108 valence electrons. The highest BCUT2D eigenvalue weighted by molar-refractivity contribution is 9.10. The van der Waals surface area contributed by atoms with Gasteiger partial charge in [0, 0.05) is 6.07 Å². The van der Waals surface area contributed by atoms with E-state index in [0.717, 1.165) is 15.7 Å². The summed E-state index contributed by atoms with van der Waals surface area (Å²) in [5, 5.41) is 0.609. The first-order valence-corrected chi connectivity index (χ1v) is 7.79. The Balaban J connectivity index is 2.36. The second-order valence-corrected chi connectivity index (χ2v) is 5.73. The summed E-state index contributed by atoms with van der Waals surface area (Å²) in [6.45, 7) is 0. The number of alkyl halides is 1. The third kappa shape index (κ3) is 2.50. The summed E-state index contributed by atoms with van der Waals surface area (Å²) in [5.74, 6) is 1.47. The number of nitrogens with zero attached hydrogens (tertiary/aromatic N) is 3. The Kier molecular flexibility index (Phi) is 4.06. The Morgan fingerprint density at radius 3 is 2.76 bits per heavy atom. The lowest BCUT2D eigenvalue weighted by atomic mass is 10.3. The third-order valence-corrected chi connectivity index (χ3v) is 4.66. The van der Waals surface area contributed by atoms with Crippen LogP contribution in [0.2, 0.25) is 5.02 Å². The van der Waals surface area contributed by atoms with E-state index in [2.05, 4.69) is 25.9 Å². The van der Waals surface area contributed by atoms with Crippen LogP contribution in [-0.4, -0.2) is 21.6 Å². The largest absolute Gasteiger partial charge is 0.481 e. The molecule has 0 N–H and O–H groups in total.